The van der Waals surface area contributed by atoms with E-state index >= 15 is 0 Å². The van der Waals surface area contributed by atoms with Crippen molar-refractivity contribution in [1.29, 1.82) is 0 Å². The average Bonchev–Trinajstić information content (AvgIpc) is 2.67. The summed E-state index contributed by atoms with van der Waals surface area (Å²) in [7, 11) is -2.12. The quantitative estimate of drug-likeness (QED) is 0.563. The summed E-state index contributed by atoms with van der Waals surface area (Å²) in [4.78, 5) is 0.851. The summed E-state index contributed by atoms with van der Waals surface area (Å²) in [5.74, 6) is 0. The second-order valence-corrected chi connectivity index (χ2v) is 10.2. The lowest BCUT2D eigenvalue weighted by Crippen LogP contribution is -2.35. The maximum absolute atomic E-state index is 13.5. The summed E-state index contributed by atoms with van der Waals surface area (Å²) in [5.41, 5.74) is 1.18. The van der Waals surface area contributed by atoms with Gasteiger partial charge in [-0.25, -0.2) is 4.21 Å². The molecule has 26 heavy (non-hydrogen) atoms. The van der Waals surface area contributed by atoms with E-state index in [1.54, 1.807) is 0 Å². The Morgan fingerprint density at radius 1 is 0.769 bits per heavy atom. The summed E-state index contributed by atoms with van der Waals surface area (Å²) >= 11 is 0. The van der Waals surface area contributed by atoms with Gasteiger partial charge in [0.2, 0.25) is 0 Å². The Balaban J connectivity index is 2.09. The molecule has 0 aromatic heterocycles. The van der Waals surface area contributed by atoms with E-state index in [9.17, 15) is 4.21 Å². The Labute approximate surface area is 160 Å². The molecule has 0 N–H and O–H groups in total. The fourth-order valence-electron chi connectivity index (χ4n) is 2.77. The number of nitrogens with zero attached hydrogens (tertiary/aromatic N) is 1. The van der Waals surface area contributed by atoms with Crippen LogP contribution in [-0.4, -0.2) is 14.3 Å². The lowest BCUT2D eigenvalue weighted by atomic mass is 10.2. The minimum absolute atomic E-state index is 0.142. The van der Waals surface area contributed by atoms with Crippen LogP contribution in [0.3, 0.4) is 0 Å². The third kappa shape index (κ3) is 4.29. The van der Waals surface area contributed by atoms with Crippen molar-refractivity contribution in [2.45, 2.75) is 31.7 Å². The summed E-state index contributed by atoms with van der Waals surface area (Å²) < 4.78 is 15.7. The van der Waals surface area contributed by atoms with Crippen molar-refractivity contribution in [3.05, 3.63) is 90.5 Å². The van der Waals surface area contributed by atoms with Gasteiger partial charge in [-0.3, -0.25) is 0 Å². The molecule has 0 saturated heterocycles. The third-order valence-electron chi connectivity index (χ3n) is 4.03. The van der Waals surface area contributed by atoms with Gasteiger partial charge >= 0.3 is 0 Å². The zero-order chi connectivity index (χ0) is 18.5. The SMILES string of the molecule is Cc1ccc(S(=O)N(C(C)C)P(c2ccccc2)c2ccccc2)cc1. The van der Waals surface area contributed by atoms with Crippen molar-refractivity contribution in [3.8, 4) is 0 Å². The molecule has 0 bridgehead atoms. The van der Waals surface area contributed by atoms with Crippen molar-refractivity contribution in [3.63, 3.8) is 0 Å². The van der Waals surface area contributed by atoms with Crippen molar-refractivity contribution < 1.29 is 4.21 Å². The Morgan fingerprint density at radius 2 is 1.23 bits per heavy atom. The van der Waals surface area contributed by atoms with Crippen LogP contribution in [0.1, 0.15) is 19.4 Å². The predicted octanol–water partition coefficient (Wildman–Crippen LogP) is 4.78. The predicted molar refractivity (Wildman–Crippen MR) is 114 cm³/mol. The van der Waals surface area contributed by atoms with E-state index in [2.05, 4.69) is 66.5 Å². The molecular weight excluding hydrogens is 357 g/mol. The fraction of sp³-hybridized carbons (Fsp3) is 0.182. The van der Waals surface area contributed by atoms with Crippen LogP contribution in [0.2, 0.25) is 0 Å². The molecule has 0 fully saturated rings. The van der Waals surface area contributed by atoms with Crippen LogP contribution in [-0.2, 0) is 11.0 Å². The van der Waals surface area contributed by atoms with Gasteiger partial charge in [0.25, 0.3) is 0 Å². The third-order valence-corrected chi connectivity index (χ3v) is 8.84. The molecule has 0 aliphatic rings. The first-order valence-corrected chi connectivity index (χ1v) is 11.2. The normalized spacial score (nSPS) is 12.7. The fourth-order valence-corrected chi connectivity index (χ4v) is 7.31. The second kappa shape index (κ2) is 8.73. The number of rotatable bonds is 6. The molecule has 3 rings (SSSR count). The van der Waals surface area contributed by atoms with Crippen LogP contribution < -0.4 is 10.6 Å². The Bertz CT molecular complexity index is 811. The number of hydrogen-bond acceptors (Lipinski definition) is 1. The van der Waals surface area contributed by atoms with Crippen LogP contribution in [0.15, 0.2) is 89.8 Å². The number of hydrogen-bond donors (Lipinski definition) is 0. The van der Waals surface area contributed by atoms with Gasteiger partial charge in [0.1, 0.15) is 11.0 Å². The van der Waals surface area contributed by atoms with Crippen LogP contribution in [0, 0.1) is 6.92 Å². The van der Waals surface area contributed by atoms with E-state index in [-0.39, 0.29) is 6.04 Å². The molecule has 0 aliphatic carbocycles. The summed E-state index contributed by atoms with van der Waals surface area (Å²) in [6.07, 6.45) is 0. The second-order valence-electron chi connectivity index (χ2n) is 6.44. The zero-order valence-electron chi connectivity index (χ0n) is 15.4. The van der Waals surface area contributed by atoms with Gasteiger partial charge in [-0.15, -0.1) is 0 Å². The highest BCUT2D eigenvalue weighted by atomic mass is 32.2. The van der Waals surface area contributed by atoms with Gasteiger partial charge < -0.3 is 0 Å². The molecule has 0 heterocycles. The van der Waals surface area contributed by atoms with Crippen LogP contribution >= 0.6 is 8.07 Å². The molecule has 0 spiro atoms. The zero-order valence-corrected chi connectivity index (χ0v) is 17.1. The van der Waals surface area contributed by atoms with Crippen molar-refractivity contribution in [2.75, 3.05) is 0 Å². The van der Waals surface area contributed by atoms with Gasteiger partial charge in [-0.2, -0.15) is 4.08 Å². The lowest BCUT2D eigenvalue weighted by Gasteiger charge is -2.34. The molecule has 2 nitrogen and oxygen atoms in total. The monoisotopic (exact) mass is 381 g/mol. The van der Waals surface area contributed by atoms with Crippen LogP contribution in [0.4, 0.5) is 0 Å². The van der Waals surface area contributed by atoms with Crippen LogP contribution in [0.5, 0.6) is 0 Å². The molecule has 3 aromatic carbocycles. The minimum Gasteiger partial charge on any atom is -0.237 e. The van der Waals surface area contributed by atoms with Gasteiger partial charge in [0.15, 0.2) is 0 Å². The molecule has 0 radical (unpaired) electrons. The summed E-state index contributed by atoms with van der Waals surface area (Å²) in [6.45, 7) is 6.29. The largest absolute Gasteiger partial charge is 0.237 e. The van der Waals surface area contributed by atoms with Crippen molar-refractivity contribution in [2.24, 2.45) is 0 Å². The van der Waals surface area contributed by atoms with E-state index < -0.39 is 19.1 Å². The van der Waals surface area contributed by atoms with E-state index in [1.807, 2.05) is 43.3 Å². The standard InChI is InChI=1S/C22H24NOPS/c1-18(2)23(26(24)22-16-14-19(3)15-17-22)25(20-10-6-4-7-11-20)21-12-8-5-9-13-21/h4-18H,1-3H3. The first-order valence-electron chi connectivity index (χ1n) is 8.76. The van der Waals surface area contributed by atoms with Gasteiger partial charge in [-0.1, -0.05) is 78.4 Å². The smallest absolute Gasteiger partial charge is 0.132 e. The highest BCUT2D eigenvalue weighted by Gasteiger charge is 2.30. The Hall–Kier alpha value is -1.80. The Morgan fingerprint density at radius 3 is 1.65 bits per heavy atom. The van der Waals surface area contributed by atoms with Gasteiger partial charge in [-0.05, 0) is 43.5 Å². The van der Waals surface area contributed by atoms with E-state index in [0.29, 0.717) is 0 Å². The molecule has 0 amide bonds. The molecular formula is C22H24NOPS. The maximum atomic E-state index is 13.5. The van der Waals surface area contributed by atoms with Gasteiger partial charge in [0, 0.05) is 14.1 Å². The molecule has 134 valence electrons. The highest BCUT2D eigenvalue weighted by molar-refractivity contribution is 7.92. The van der Waals surface area contributed by atoms with E-state index in [1.165, 1.54) is 16.2 Å². The topological polar surface area (TPSA) is 20.3 Å². The van der Waals surface area contributed by atoms with Crippen molar-refractivity contribution >= 4 is 29.7 Å². The molecule has 1 unspecified atom stereocenters. The number of benzene rings is 3. The molecule has 4 heteroatoms. The first kappa shape index (κ1) is 19.0. The summed E-state index contributed by atoms with van der Waals surface area (Å²) in [5, 5.41) is 2.42. The highest BCUT2D eigenvalue weighted by Crippen LogP contribution is 2.42. The van der Waals surface area contributed by atoms with E-state index in [4.69, 9.17) is 0 Å². The van der Waals surface area contributed by atoms with Crippen LogP contribution in [0.25, 0.3) is 0 Å². The van der Waals surface area contributed by atoms with E-state index in [0.717, 1.165) is 4.90 Å². The molecule has 3 aromatic rings. The molecule has 1 atom stereocenters. The summed E-state index contributed by atoms with van der Waals surface area (Å²) in [6, 6.07) is 29.0. The number of aryl methyl sites for hydroxylation is 1. The first-order chi connectivity index (χ1) is 12.6. The lowest BCUT2D eigenvalue weighted by molar-refractivity contribution is 0.551. The minimum atomic E-state index is -1.23. The maximum Gasteiger partial charge on any atom is 0.132 e. The van der Waals surface area contributed by atoms with Crippen molar-refractivity contribution in [1.82, 2.24) is 4.08 Å². The molecule has 0 aliphatic heterocycles. The molecule has 0 saturated carbocycles. The average molecular weight is 381 g/mol. The van der Waals surface area contributed by atoms with Gasteiger partial charge in [0.05, 0.1) is 4.90 Å². The Kier molecular flexibility index (Phi) is 6.37.